The van der Waals surface area contributed by atoms with Crippen LogP contribution in [0.15, 0.2) is 18.2 Å². The second kappa shape index (κ2) is 7.40. The Hall–Kier alpha value is -1.21. The van der Waals surface area contributed by atoms with Crippen LogP contribution in [0.25, 0.3) is 0 Å². The van der Waals surface area contributed by atoms with Crippen LogP contribution in [0.5, 0.6) is 5.75 Å². The minimum absolute atomic E-state index is 0.408. The third-order valence-electron chi connectivity index (χ3n) is 2.97. The number of halogens is 1. The molecule has 0 bridgehead atoms. The smallest absolute Gasteiger partial charge is 0.149 e. The predicted molar refractivity (Wildman–Crippen MR) is 76.7 cm³/mol. The Morgan fingerprint density at radius 1 is 1.32 bits per heavy atom. The highest BCUT2D eigenvalue weighted by Crippen LogP contribution is 2.20. The quantitative estimate of drug-likeness (QED) is 0.793. The van der Waals surface area contributed by atoms with Crippen molar-refractivity contribution in [3.05, 3.63) is 28.8 Å². The van der Waals surface area contributed by atoms with Crippen LogP contribution >= 0.6 is 11.6 Å². The molecule has 0 amide bonds. The summed E-state index contributed by atoms with van der Waals surface area (Å²) >= 11 is 5.95. The van der Waals surface area contributed by atoms with Crippen molar-refractivity contribution in [2.75, 3.05) is 39.5 Å². The molecule has 19 heavy (non-hydrogen) atoms. The van der Waals surface area contributed by atoms with Crippen molar-refractivity contribution in [3.8, 4) is 17.6 Å². The lowest BCUT2D eigenvalue weighted by atomic mass is 10.2. The van der Waals surface area contributed by atoms with Gasteiger partial charge in [0.05, 0.1) is 19.8 Å². The molecule has 0 spiro atoms. The van der Waals surface area contributed by atoms with Crippen LogP contribution in [0.2, 0.25) is 5.02 Å². The molecular formula is C15H18ClNO2. The zero-order chi connectivity index (χ0) is 13.5. The van der Waals surface area contributed by atoms with Gasteiger partial charge in [0.15, 0.2) is 0 Å². The molecular weight excluding hydrogens is 262 g/mol. The summed E-state index contributed by atoms with van der Waals surface area (Å²) in [6, 6.07) is 5.62. The summed E-state index contributed by atoms with van der Waals surface area (Å²) in [4.78, 5) is 2.28. The van der Waals surface area contributed by atoms with Crippen LogP contribution in [-0.2, 0) is 4.74 Å². The summed E-state index contributed by atoms with van der Waals surface area (Å²) in [5.74, 6) is 6.96. The molecule has 0 N–H and O–H groups in total. The highest BCUT2D eigenvalue weighted by Gasteiger charge is 2.07. The molecule has 0 saturated carbocycles. The standard InChI is InChI=1S/C15H18ClNO2/c1-13-12-14(4-5-15(13)16)19-9-3-2-6-17-7-10-18-11-8-17/h4-5,12H,6-11H2,1H3. The fourth-order valence-corrected chi connectivity index (χ4v) is 1.92. The maximum Gasteiger partial charge on any atom is 0.149 e. The second-order valence-electron chi connectivity index (χ2n) is 4.44. The van der Waals surface area contributed by atoms with E-state index in [1.807, 2.05) is 25.1 Å². The van der Waals surface area contributed by atoms with E-state index in [9.17, 15) is 0 Å². The highest BCUT2D eigenvalue weighted by atomic mass is 35.5. The van der Waals surface area contributed by atoms with E-state index in [1.54, 1.807) is 0 Å². The number of nitrogens with zero attached hydrogens (tertiary/aromatic N) is 1. The van der Waals surface area contributed by atoms with Gasteiger partial charge in [-0.05, 0) is 30.7 Å². The maximum absolute atomic E-state index is 5.95. The Bertz CT molecular complexity index is 473. The lowest BCUT2D eigenvalue weighted by molar-refractivity contribution is 0.0443. The van der Waals surface area contributed by atoms with Crippen molar-refractivity contribution in [3.63, 3.8) is 0 Å². The molecule has 1 saturated heterocycles. The van der Waals surface area contributed by atoms with E-state index in [4.69, 9.17) is 21.1 Å². The van der Waals surface area contributed by atoms with Crippen molar-refractivity contribution < 1.29 is 9.47 Å². The molecule has 4 heteroatoms. The summed E-state index contributed by atoms with van der Waals surface area (Å²) in [5.41, 5.74) is 1.01. The number of ether oxygens (including phenoxy) is 2. The molecule has 1 aromatic carbocycles. The normalized spacial score (nSPS) is 15.7. The average molecular weight is 280 g/mol. The molecule has 1 heterocycles. The van der Waals surface area contributed by atoms with Crippen LogP contribution in [0.3, 0.4) is 0 Å². The summed E-state index contributed by atoms with van der Waals surface area (Å²) in [6.07, 6.45) is 0. The lowest BCUT2D eigenvalue weighted by Gasteiger charge is -2.24. The van der Waals surface area contributed by atoms with Gasteiger partial charge in [0.2, 0.25) is 0 Å². The van der Waals surface area contributed by atoms with Crippen molar-refractivity contribution in [1.29, 1.82) is 0 Å². The van der Waals surface area contributed by atoms with Gasteiger partial charge in [-0.15, -0.1) is 0 Å². The molecule has 2 rings (SSSR count). The fraction of sp³-hybridized carbons (Fsp3) is 0.467. The number of morpholine rings is 1. The SMILES string of the molecule is Cc1cc(OCC#CCN2CCOCC2)ccc1Cl. The van der Waals surface area contributed by atoms with Crippen molar-refractivity contribution in [2.24, 2.45) is 0 Å². The molecule has 1 aliphatic rings. The van der Waals surface area contributed by atoms with E-state index in [1.165, 1.54) is 0 Å². The topological polar surface area (TPSA) is 21.7 Å². The van der Waals surface area contributed by atoms with Crippen LogP contribution in [0.1, 0.15) is 5.56 Å². The summed E-state index contributed by atoms with van der Waals surface area (Å²) < 4.78 is 10.8. The van der Waals surface area contributed by atoms with Crippen molar-refractivity contribution in [1.82, 2.24) is 4.90 Å². The monoisotopic (exact) mass is 279 g/mol. The summed E-state index contributed by atoms with van der Waals surface area (Å²) in [6.45, 7) is 6.69. The molecule has 1 aromatic rings. The minimum atomic E-state index is 0.408. The zero-order valence-corrected chi connectivity index (χ0v) is 11.9. The van der Waals surface area contributed by atoms with E-state index in [0.717, 1.165) is 49.2 Å². The molecule has 0 atom stereocenters. The Morgan fingerprint density at radius 2 is 2.11 bits per heavy atom. The first kappa shape index (κ1) is 14.2. The third-order valence-corrected chi connectivity index (χ3v) is 3.40. The first-order valence-electron chi connectivity index (χ1n) is 6.40. The number of benzene rings is 1. The average Bonchev–Trinajstić information content (AvgIpc) is 2.43. The van der Waals surface area contributed by atoms with Crippen LogP contribution in [-0.4, -0.2) is 44.4 Å². The van der Waals surface area contributed by atoms with E-state index in [0.29, 0.717) is 6.61 Å². The molecule has 1 fully saturated rings. The Kier molecular flexibility index (Phi) is 5.53. The molecule has 1 aliphatic heterocycles. The second-order valence-corrected chi connectivity index (χ2v) is 4.85. The Balaban J connectivity index is 1.72. The molecule has 0 radical (unpaired) electrons. The maximum atomic E-state index is 5.95. The first-order valence-corrected chi connectivity index (χ1v) is 6.78. The largest absolute Gasteiger partial charge is 0.481 e. The van der Waals surface area contributed by atoms with Crippen LogP contribution in [0.4, 0.5) is 0 Å². The lowest BCUT2D eigenvalue weighted by Crippen LogP contribution is -2.36. The molecule has 0 aliphatic carbocycles. The Morgan fingerprint density at radius 3 is 2.84 bits per heavy atom. The number of hydrogen-bond donors (Lipinski definition) is 0. The van der Waals surface area contributed by atoms with Gasteiger partial charge in [0.25, 0.3) is 0 Å². The van der Waals surface area contributed by atoms with Gasteiger partial charge in [0.1, 0.15) is 12.4 Å². The number of aryl methyl sites for hydroxylation is 1. The van der Waals surface area contributed by atoms with Gasteiger partial charge < -0.3 is 9.47 Å². The predicted octanol–water partition coefficient (Wildman–Crippen LogP) is 2.36. The fourth-order valence-electron chi connectivity index (χ4n) is 1.80. The number of rotatable bonds is 3. The van der Waals surface area contributed by atoms with Gasteiger partial charge >= 0.3 is 0 Å². The van der Waals surface area contributed by atoms with E-state index < -0.39 is 0 Å². The first-order chi connectivity index (χ1) is 9.25. The van der Waals surface area contributed by atoms with Gasteiger partial charge in [-0.25, -0.2) is 0 Å². The van der Waals surface area contributed by atoms with E-state index in [2.05, 4.69) is 16.7 Å². The van der Waals surface area contributed by atoms with Gasteiger partial charge in [0, 0.05) is 18.1 Å². The highest BCUT2D eigenvalue weighted by molar-refractivity contribution is 6.31. The Labute approximate surface area is 119 Å². The van der Waals surface area contributed by atoms with E-state index in [-0.39, 0.29) is 0 Å². The van der Waals surface area contributed by atoms with Crippen LogP contribution in [0, 0.1) is 18.8 Å². The molecule has 0 aromatic heterocycles. The van der Waals surface area contributed by atoms with Gasteiger partial charge in [-0.3, -0.25) is 4.90 Å². The van der Waals surface area contributed by atoms with Gasteiger partial charge in [-0.1, -0.05) is 23.4 Å². The van der Waals surface area contributed by atoms with Gasteiger partial charge in [-0.2, -0.15) is 0 Å². The van der Waals surface area contributed by atoms with Crippen LogP contribution < -0.4 is 4.74 Å². The van der Waals surface area contributed by atoms with Crippen molar-refractivity contribution in [2.45, 2.75) is 6.92 Å². The molecule has 102 valence electrons. The summed E-state index contributed by atoms with van der Waals surface area (Å²) in [5, 5.41) is 0.755. The summed E-state index contributed by atoms with van der Waals surface area (Å²) in [7, 11) is 0. The van der Waals surface area contributed by atoms with Crippen molar-refractivity contribution >= 4 is 11.6 Å². The third kappa shape index (κ3) is 4.76. The number of hydrogen-bond acceptors (Lipinski definition) is 3. The van der Waals surface area contributed by atoms with E-state index >= 15 is 0 Å². The molecule has 3 nitrogen and oxygen atoms in total. The zero-order valence-electron chi connectivity index (χ0n) is 11.1. The minimum Gasteiger partial charge on any atom is -0.481 e. The molecule has 0 unspecified atom stereocenters.